The van der Waals surface area contributed by atoms with E-state index in [1.165, 1.54) is 0 Å². The zero-order valence-corrected chi connectivity index (χ0v) is 18.1. The summed E-state index contributed by atoms with van der Waals surface area (Å²) in [5.41, 5.74) is 2.45. The van der Waals surface area contributed by atoms with E-state index < -0.39 is 0 Å². The number of hydrogen-bond acceptors (Lipinski definition) is 4. The molecule has 2 amide bonds. The van der Waals surface area contributed by atoms with Gasteiger partial charge in [-0.2, -0.15) is 0 Å². The average molecular weight is 468 g/mol. The summed E-state index contributed by atoms with van der Waals surface area (Å²) in [6.45, 7) is 2.03. The van der Waals surface area contributed by atoms with Crippen LogP contribution in [0.4, 0.5) is 5.69 Å². The molecule has 4 rings (SSSR count). The van der Waals surface area contributed by atoms with E-state index in [0.717, 1.165) is 24.1 Å². The molecule has 30 heavy (non-hydrogen) atoms. The fraction of sp³-hybridized carbons (Fsp3) is 0.261. The molecule has 7 heteroatoms. The number of benzene rings is 1. The summed E-state index contributed by atoms with van der Waals surface area (Å²) in [4.78, 5) is 31.6. The Kier molecular flexibility index (Phi) is 5.99. The van der Waals surface area contributed by atoms with Crippen molar-refractivity contribution >= 4 is 33.4 Å². The summed E-state index contributed by atoms with van der Waals surface area (Å²) >= 11 is 3.18. The predicted octanol–water partition coefficient (Wildman–Crippen LogP) is 4.98. The van der Waals surface area contributed by atoms with E-state index in [9.17, 15) is 9.59 Å². The number of nitrogens with one attached hydrogen (secondary N) is 1. The molecule has 1 aromatic carbocycles. The third kappa shape index (κ3) is 4.79. The molecule has 0 radical (unpaired) electrons. The highest BCUT2D eigenvalue weighted by molar-refractivity contribution is 9.10. The SMILES string of the molecule is CC(c1ccccn1)N(C(=O)Cc1ccc(NC(=O)c2ccc(Br)o2)cc1)C1CC1. The number of amides is 2. The fourth-order valence-electron chi connectivity index (χ4n) is 3.46. The van der Waals surface area contributed by atoms with Gasteiger partial charge in [-0.05, 0) is 77.7 Å². The molecule has 2 heterocycles. The largest absolute Gasteiger partial charge is 0.444 e. The summed E-state index contributed by atoms with van der Waals surface area (Å²) in [5.74, 6) is -0.00814. The van der Waals surface area contributed by atoms with Crippen LogP contribution in [0.5, 0.6) is 0 Å². The van der Waals surface area contributed by atoms with Crippen molar-refractivity contribution < 1.29 is 14.0 Å². The average Bonchev–Trinajstić information content (AvgIpc) is 3.48. The maximum Gasteiger partial charge on any atom is 0.291 e. The number of pyridine rings is 1. The molecule has 0 spiro atoms. The Morgan fingerprint density at radius 1 is 1.17 bits per heavy atom. The first kappa shape index (κ1) is 20.3. The molecule has 1 saturated carbocycles. The highest BCUT2D eigenvalue weighted by atomic mass is 79.9. The van der Waals surface area contributed by atoms with Gasteiger partial charge in [-0.1, -0.05) is 18.2 Å². The molecule has 0 aliphatic heterocycles. The van der Waals surface area contributed by atoms with Crippen LogP contribution in [-0.4, -0.2) is 27.7 Å². The maximum atomic E-state index is 13.1. The third-order valence-corrected chi connectivity index (χ3v) is 5.55. The van der Waals surface area contributed by atoms with Crippen LogP contribution >= 0.6 is 15.9 Å². The van der Waals surface area contributed by atoms with Crippen LogP contribution in [0.1, 0.15) is 47.6 Å². The van der Waals surface area contributed by atoms with Crippen molar-refractivity contribution in [2.75, 3.05) is 5.32 Å². The lowest BCUT2D eigenvalue weighted by atomic mass is 10.1. The van der Waals surface area contributed by atoms with E-state index in [4.69, 9.17) is 4.42 Å². The highest BCUT2D eigenvalue weighted by Crippen LogP contribution is 2.34. The Bertz CT molecular complexity index is 1030. The van der Waals surface area contributed by atoms with E-state index in [-0.39, 0.29) is 23.6 Å². The zero-order chi connectivity index (χ0) is 21.1. The summed E-state index contributed by atoms with van der Waals surface area (Å²) in [5, 5.41) is 2.79. The molecule has 1 unspecified atom stereocenters. The minimum absolute atomic E-state index is 0.0580. The van der Waals surface area contributed by atoms with Crippen LogP contribution in [-0.2, 0) is 11.2 Å². The normalized spacial score (nSPS) is 14.2. The Morgan fingerprint density at radius 3 is 2.53 bits per heavy atom. The third-order valence-electron chi connectivity index (χ3n) is 5.13. The number of hydrogen-bond donors (Lipinski definition) is 1. The second-order valence-corrected chi connectivity index (χ2v) is 8.18. The predicted molar refractivity (Wildman–Crippen MR) is 117 cm³/mol. The lowest BCUT2D eigenvalue weighted by Crippen LogP contribution is -2.37. The van der Waals surface area contributed by atoms with Crippen LogP contribution in [0.3, 0.4) is 0 Å². The number of halogens is 1. The van der Waals surface area contributed by atoms with E-state index in [1.54, 1.807) is 30.5 Å². The summed E-state index contributed by atoms with van der Waals surface area (Å²) in [6.07, 6.45) is 4.15. The zero-order valence-electron chi connectivity index (χ0n) is 16.5. The van der Waals surface area contributed by atoms with Gasteiger partial charge in [-0.15, -0.1) is 0 Å². The topological polar surface area (TPSA) is 75.4 Å². The van der Waals surface area contributed by atoms with Gasteiger partial charge in [-0.25, -0.2) is 0 Å². The van der Waals surface area contributed by atoms with Gasteiger partial charge in [0.25, 0.3) is 5.91 Å². The molecular weight excluding hydrogens is 446 g/mol. The number of nitrogens with zero attached hydrogens (tertiary/aromatic N) is 2. The number of carbonyl (C=O) groups is 2. The number of anilines is 1. The van der Waals surface area contributed by atoms with Crippen molar-refractivity contribution in [1.82, 2.24) is 9.88 Å². The molecule has 1 aliphatic rings. The van der Waals surface area contributed by atoms with Crippen LogP contribution in [0.2, 0.25) is 0 Å². The maximum absolute atomic E-state index is 13.1. The Hall–Kier alpha value is -2.93. The molecule has 1 N–H and O–H groups in total. The van der Waals surface area contributed by atoms with Gasteiger partial charge in [0.05, 0.1) is 18.2 Å². The number of rotatable bonds is 7. The van der Waals surface area contributed by atoms with Crippen molar-refractivity contribution in [3.63, 3.8) is 0 Å². The van der Waals surface area contributed by atoms with Crippen molar-refractivity contribution in [2.45, 2.75) is 38.3 Å². The first-order valence-electron chi connectivity index (χ1n) is 9.89. The Morgan fingerprint density at radius 2 is 1.93 bits per heavy atom. The summed E-state index contributed by atoms with van der Waals surface area (Å²) in [7, 11) is 0. The van der Waals surface area contributed by atoms with Gasteiger partial charge in [0.15, 0.2) is 10.4 Å². The number of carbonyl (C=O) groups excluding carboxylic acids is 2. The fourth-order valence-corrected chi connectivity index (χ4v) is 3.76. The van der Waals surface area contributed by atoms with Gasteiger partial charge in [-0.3, -0.25) is 14.6 Å². The number of furan rings is 1. The van der Waals surface area contributed by atoms with E-state index >= 15 is 0 Å². The molecule has 1 atom stereocenters. The molecule has 1 fully saturated rings. The van der Waals surface area contributed by atoms with Gasteiger partial charge in [0, 0.05) is 17.9 Å². The second kappa shape index (κ2) is 8.83. The van der Waals surface area contributed by atoms with Crippen LogP contribution in [0.15, 0.2) is 69.9 Å². The molecule has 3 aromatic rings. The minimum Gasteiger partial charge on any atom is -0.444 e. The summed E-state index contributed by atoms with van der Waals surface area (Å²) in [6, 6.07) is 16.6. The molecule has 2 aromatic heterocycles. The molecule has 0 bridgehead atoms. The molecule has 1 aliphatic carbocycles. The van der Waals surface area contributed by atoms with Crippen molar-refractivity contribution in [2.24, 2.45) is 0 Å². The van der Waals surface area contributed by atoms with E-state index in [0.29, 0.717) is 22.8 Å². The Balaban J connectivity index is 1.40. The van der Waals surface area contributed by atoms with Crippen molar-refractivity contribution in [1.29, 1.82) is 0 Å². The molecule has 0 saturated heterocycles. The summed E-state index contributed by atoms with van der Waals surface area (Å²) < 4.78 is 5.76. The molecule has 154 valence electrons. The smallest absolute Gasteiger partial charge is 0.291 e. The Labute approximate surface area is 183 Å². The lowest BCUT2D eigenvalue weighted by molar-refractivity contribution is -0.133. The first-order chi connectivity index (χ1) is 14.5. The molecule has 6 nitrogen and oxygen atoms in total. The molecular formula is C23H22BrN3O3. The quantitative estimate of drug-likeness (QED) is 0.531. The van der Waals surface area contributed by atoms with E-state index in [2.05, 4.69) is 26.2 Å². The first-order valence-corrected chi connectivity index (χ1v) is 10.7. The van der Waals surface area contributed by atoms with Gasteiger partial charge >= 0.3 is 0 Å². The lowest BCUT2D eigenvalue weighted by Gasteiger charge is -2.29. The minimum atomic E-state index is -0.325. The highest BCUT2D eigenvalue weighted by Gasteiger charge is 2.36. The second-order valence-electron chi connectivity index (χ2n) is 7.39. The van der Waals surface area contributed by atoms with E-state index in [1.807, 2.05) is 42.2 Å². The van der Waals surface area contributed by atoms with Crippen molar-refractivity contribution in [3.8, 4) is 0 Å². The van der Waals surface area contributed by atoms with Crippen LogP contribution in [0, 0.1) is 0 Å². The van der Waals surface area contributed by atoms with Crippen molar-refractivity contribution in [3.05, 3.63) is 82.5 Å². The van der Waals surface area contributed by atoms with Crippen LogP contribution in [0.25, 0.3) is 0 Å². The van der Waals surface area contributed by atoms with Gasteiger partial charge in [0.2, 0.25) is 5.91 Å². The monoisotopic (exact) mass is 467 g/mol. The van der Waals surface area contributed by atoms with Crippen LogP contribution < -0.4 is 5.32 Å². The standard InChI is InChI=1S/C23H22BrN3O3/c1-15(19-4-2-3-13-25-19)27(18-9-10-18)22(28)14-16-5-7-17(8-6-16)26-23(29)20-11-12-21(24)30-20/h2-8,11-13,15,18H,9-10,14H2,1H3,(H,26,29). The van der Waals surface area contributed by atoms with Gasteiger partial charge in [0.1, 0.15) is 0 Å². The van der Waals surface area contributed by atoms with Gasteiger partial charge < -0.3 is 14.6 Å². The number of aromatic nitrogens is 1.